The van der Waals surface area contributed by atoms with E-state index in [9.17, 15) is 18.0 Å². The van der Waals surface area contributed by atoms with Crippen molar-refractivity contribution >= 4 is 33.3 Å². The Morgan fingerprint density at radius 1 is 0.903 bits per heavy atom. The van der Waals surface area contributed by atoms with Crippen LogP contribution in [0.25, 0.3) is 21.2 Å². The van der Waals surface area contributed by atoms with Crippen molar-refractivity contribution < 1.29 is 18.0 Å². The van der Waals surface area contributed by atoms with E-state index in [0.29, 0.717) is 29.8 Å². The average molecular weight is 441 g/mol. The summed E-state index contributed by atoms with van der Waals surface area (Å²) >= 11 is 1.41. The van der Waals surface area contributed by atoms with Gasteiger partial charge in [-0.15, -0.1) is 0 Å². The Hall–Kier alpha value is -3.39. The number of carbonyl (C=O) groups is 1. The number of nitrogens with one attached hydrogen (secondary N) is 2. The molecule has 8 heteroatoms. The zero-order chi connectivity index (χ0) is 21.8. The Bertz CT molecular complexity index is 1200. The second-order valence-electron chi connectivity index (χ2n) is 6.83. The van der Waals surface area contributed by atoms with Crippen LogP contribution in [-0.4, -0.2) is 23.4 Å². The van der Waals surface area contributed by atoms with Crippen molar-refractivity contribution in [2.24, 2.45) is 0 Å². The van der Waals surface area contributed by atoms with Crippen molar-refractivity contribution in [3.8, 4) is 11.1 Å². The summed E-state index contributed by atoms with van der Waals surface area (Å²) in [5, 5.41) is 7.10. The quantitative estimate of drug-likeness (QED) is 0.371. The Labute approximate surface area is 180 Å². The predicted octanol–water partition coefficient (Wildman–Crippen LogP) is 5.82. The van der Waals surface area contributed by atoms with Gasteiger partial charge in [-0.25, -0.2) is 0 Å². The van der Waals surface area contributed by atoms with Gasteiger partial charge in [0, 0.05) is 24.0 Å². The number of aromatic nitrogens is 1. The van der Waals surface area contributed by atoms with Gasteiger partial charge in [0.1, 0.15) is 5.82 Å². The molecule has 1 amide bonds. The molecule has 158 valence electrons. The lowest BCUT2D eigenvalue weighted by Gasteiger charge is -2.12. The van der Waals surface area contributed by atoms with Gasteiger partial charge in [0.15, 0.2) is 0 Å². The number of anilines is 1. The molecule has 0 aliphatic carbocycles. The highest BCUT2D eigenvalue weighted by molar-refractivity contribution is 7.13. The summed E-state index contributed by atoms with van der Waals surface area (Å²) in [5.74, 6) is 0.487. The highest BCUT2D eigenvalue weighted by Crippen LogP contribution is 2.32. The van der Waals surface area contributed by atoms with E-state index in [-0.39, 0.29) is 5.91 Å². The van der Waals surface area contributed by atoms with E-state index < -0.39 is 11.7 Å². The molecule has 0 fully saturated rings. The van der Waals surface area contributed by atoms with E-state index in [2.05, 4.69) is 15.0 Å². The lowest BCUT2D eigenvalue weighted by atomic mass is 9.98. The molecule has 0 saturated heterocycles. The second kappa shape index (κ2) is 8.77. The molecule has 0 aliphatic heterocycles. The van der Waals surface area contributed by atoms with Gasteiger partial charge in [0.25, 0.3) is 5.91 Å². The SMILES string of the molecule is O=C(NCCNc1nsc2ccccc12)c1ccccc1-c1ccc(C(F)(F)F)cc1. The van der Waals surface area contributed by atoms with Crippen LogP contribution in [0.3, 0.4) is 0 Å². The molecular weight excluding hydrogens is 423 g/mol. The van der Waals surface area contributed by atoms with Crippen molar-refractivity contribution in [1.29, 1.82) is 0 Å². The first-order chi connectivity index (χ1) is 14.9. The fourth-order valence-corrected chi connectivity index (χ4v) is 3.99. The van der Waals surface area contributed by atoms with E-state index in [1.54, 1.807) is 24.3 Å². The summed E-state index contributed by atoms with van der Waals surface area (Å²) in [6, 6.07) is 19.5. The predicted molar refractivity (Wildman–Crippen MR) is 117 cm³/mol. The molecule has 2 N–H and O–H groups in total. The van der Waals surface area contributed by atoms with Crippen LogP contribution in [0.1, 0.15) is 15.9 Å². The van der Waals surface area contributed by atoms with Gasteiger partial charge in [-0.3, -0.25) is 4.79 Å². The minimum absolute atomic E-state index is 0.291. The summed E-state index contributed by atoms with van der Waals surface area (Å²) in [4.78, 5) is 12.7. The third kappa shape index (κ3) is 4.69. The number of hydrogen-bond donors (Lipinski definition) is 2. The number of halogens is 3. The fourth-order valence-electron chi connectivity index (χ4n) is 3.24. The molecule has 1 aromatic heterocycles. The molecule has 4 nitrogen and oxygen atoms in total. The van der Waals surface area contributed by atoms with Gasteiger partial charge < -0.3 is 10.6 Å². The number of rotatable bonds is 6. The highest BCUT2D eigenvalue weighted by Gasteiger charge is 2.30. The molecule has 3 aromatic carbocycles. The van der Waals surface area contributed by atoms with Crippen LogP contribution in [0.15, 0.2) is 72.8 Å². The zero-order valence-electron chi connectivity index (χ0n) is 16.2. The lowest BCUT2D eigenvalue weighted by molar-refractivity contribution is -0.137. The molecule has 1 heterocycles. The summed E-state index contributed by atoms with van der Waals surface area (Å²) < 4.78 is 43.9. The standard InChI is InChI=1S/C23H18F3N3OS/c24-23(25,26)16-11-9-15(10-12-16)17-5-1-2-6-18(17)22(30)28-14-13-27-21-19-7-3-4-8-20(19)31-29-21/h1-12H,13-14H2,(H,27,29)(H,28,30). The summed E-state index contributed by atoms with van der Waals surface area (Å²) in [5.41, 5.74) is 0.804. The van der Waals surface area contributed by atoms with Crippen LogP contribution >= 0.6 is 11.5 Å². The maximum absolute atomic E-state index is 12.8. The first-order valence-corrected chi connectivity index (χ1v) is 10.3. The molecule has 4 rings (SSSR count). The molecule has 0 radical (unpaired) electrons. The molecule has 0 bridgehead atoms. The number of hydrogen-bond acceptors (Lipinski definition) is 4. The van der Waals surface area contributed by atoms with Gasteiger partial charge in [-0.05, 0) is 53.0 Å². The van der Waals surface area contributed by atoms with Gasteiger partial charge in [-0.2, -0.15) is 17.5 Å². The van der Waals surface area contributed by atoms with Crippen molar-refractivity contribution in [3.63, 3.8) is 0 Å². The van der Waals surface area contributed by atoms with Crippen LogP contribution in [0.4, 0.5) is 19.0 Å². The first kappa shape index (κ1) is 20.9. The third-order valence-corrected chi connectivity index (χ3v) is 5.60. The number of alkyl halides is 3. The first-order valence-electron chi connectivity index (χ1n) is 9.56. The smallest absolute Gasteiger partial charge is 0.367 e. The molecule has 0 saturated carbocycles. The topological polar surface area (TPSA) is 54.0 Å². The number of fused-ring (bicyclic) bond motifs is 1. The fraction of sp³-hybridized carbons (Fsp3) is 0.130. The molecule has 0 atom stereocenters. The van der Waals surface area contributed by atoms with Crippen molar-refractivity contribution in [2.45, 2.75) is 6.18 Å². The Morgan fingerprint density at radius 2 is 1.61 bits per heavy atom. The number of benzene rings is 3. The molecule has 4 aromatic rings. The highest BCUT2D eigenvalue weighted by atomic mass is 32.1. The Kier molecular flexibility index (Phi) is 5.90. The Morgan fingerprint density at radius 3 is 2.39 bits per heavy atom. The number of carbonyl (C=O) groups excluding carboxylic acids is 1. The molecule has 0 unspecified atom stereocenters. The van der Waals surface area contributed by atoms with Crippen LogP contribution in [-0.2, 0) is 6.18 Å². The second-order valence-corrected chi connectivity index (χ2v) is 7.64. The van der Waals surface area contributed by atoms with Crippen LogP contribution in [0, 0.1) is 0 Å². The van der Waals surface area contributed by atoms with E-state index in [0.717, 1.165) is 28.0 Å². The maximum Gasteiger partial charge on any atom is 0.416 e. The van der Waals surface area contributed by atoms with Crippen LogP contribution in [0.5, 0.6) is 0 Å². The van der Waals surface area contributed by atoms with Crippen molar-refractivity contribution in [3.05, 3.63) is 83.9 Å². The molecular formula is C23H18F3N3OS. The lowest BCUT2D eigenvalue weighted by Crippen LogP contribution is -2.29. The number of amides is 1. The molecule has 0 spiro atoms. The van der Waals surface area contributed by atoms with Gasteiger partial charge in [0.2, 0.25) is 0 Å². The van der Waals surface area contributed by atoms with Gasteiger partial charge >= 0.3 is 6.18 Å². The summed E-state index contributed by atoms with van der Waals surface area (Å²) in [6.07, 6.45) is -4.40. The molecule has 0 aliphatic rings. The van der Waals surface area contributed by atoms with E-state index >= 15 is 0 Å². The van der Waals surface area contributed by atoms with Crippen LogP contribution < -0.4 is 10.6 Å². The van der Waals surface area contributed by atoms with E-state index in [1.807, 2.05) is 24.3 Å². The minimum Gasteiger partial charge on any atom is -0.367 e. The average Bonchev–Trinajstić information content (AvgIpc) is 3.19. The largest absolute Gasteiger partial charge is 0.416 e. The third-order valence-electron chi connectivity index (χ3n) is 4.78. The minimum atomic E-state index is -4.40. The molecule has 31 heavy (non-hydrogen) atoms. The zero-order valence-corrected chi connectivity index (χ0v) is 17.1. The maximum atomic E-state index is 12.8. The number of nitrogens with zero attached hydrogens (tertiary/aromatic N) is 1. The van der Waals surface area contributed by atoms with E-state index in [1.165, 1.54) is 23.7 Å². The monoisotopic (exact) mass is 441 g/mol. The van der Waals surface area contributed by atoms with Gasteiger partial charge in [-0.1, -0.05) is 42.5 Å². The van der Waals surface area contributed by atoms with Gasteiger partial charge in [0.05, 0.1) is 10.3 Å². The van der Waals surface area contributed by atoms with E-state index in [4.69, 9.17) is 0 Å². The van der Waals surface area contributed by atoms with Crippen LogP contribution in [0.2, 0.25) is 0 Å². The summed E-state index contributed by atoms with van der Waals surface area (Å²) in [6.45, 7) is 0.855. The van der Waals surface area contributed by atoms with Crippen molar-refractivity contribution in [2.75, 3.05) is 18.4 Å². The normalized spacial score (nSPS) is 11.5. The Balaban J connectivity index is 1.41. The summed E-state index contributed by atoms with van der Waals surface area (Å²) in [7, 11) is 0. The van der Waals surface area contributed by atoms with Crippen molar-refractivity contribution in [1.82, 2.24) is 9.69 Å².